The molecule has 0 saturated carbocycles. The summed E-state index contributed by atoms with van der Waals surface area (Å²) < 4.78 is 1.79. The Balaban J connectivity index is 2.14. The van der Waals surface area contributed by atoms with Crippen LogP contribution in [0.25, 0.3) is 22.2 Å². The number of nitrogens with zero attached hydrogens (tertiary/aromatic N) is 2. The summed E-state index contributed by atoms with van der Waals surface area (Å²) in [5.74, 6) is 0. The van der Waals surface area contributed by atoms with E-state index in [1.807, 2.05) is 48.5 Å². The van der Waals surface area contributed by atoms with Crippen LogP contribution >= 0.6 is 0 Å². The van der Waals surface area contributed by atoms with Crippen molar-refractivity contribution >= 4 is 11.0 Å². The summed E-state index contributed by atoms with van der Waals surface area (Å²) in [6.45, 7) is 2.75. The number of rotatable bonds is 5. The van der Waals surface area contributed by atoms with Crippen molar-refractivity contribution in [1.82, 2.24) is 9.55 Å². The summed E-state index contributed by atoms with van der Waals surface area (Å²) in [6.07, 6.45) is 7.83. The Bertz CT molecular complexity index is 879. The second-order valence-corrected chi connectivity index (χ2v) is 5.47. The fourth-order valence-electron chi connectivity index (χ4n) is 2.73. The highest BCUT2D eigenvalue weighted by Crippen LogP contribution is 2.20. The summed E-state index contributed by atoms with van der Waals surface area (Å²) in [5.41, 5.74) is 2.45. The van der Waals surface area contributed by atoms with Gasteiger partial charge >= 0.3 is 0 Å². The maximum Gasteiger partial charge on any atom is 0.260 e. The maximum absolute atomic E-state index is 12.9. The smallest absolute Gasteiger partial charge is 0.260 e. The minimum absolute atomic E-state index is 0.0206. The Labute approximate surface area is 135 Å². The molecule has 3 rings (SSSR count). The number of aryl methyl sites for hydroxylation is 1. The van der Waals surface area contributed by atoms with Crippen LogP contribution in [0.15, 0.2) is 71.7 Å². The third kappa shape index (κ3) is 3.24. The van der Waals surface area contributed by atoms with E-state index >= 15 is 0 Å². The van der Waals surface area contributed by atoms with Gasteiger partial charge in [-0.2, -0.15) is 0 Å². The monoisotopic (exact) mass is 304 g/mol. The maximum atomic E-state index is 12.9. The van der Waals surface area contributed by atoms with Crippen molar-refractivity contribution in [1.29, 1.82) is 0 Å². The number of benzene rings is 1. The Morgan fingerprint density at radius 3 is 2.70 bits per heavy atom. The number of pyridine rings is 2. The van der Waals surface area contributed by atoms with E-state index in [4.69, 9.17) is 0 Å². The van der Waals surface area contributed by atoms with Crippen molar-refractivity contribution in [2.24, 2.45) is 0 Å². The van der Waals surface area contributed by atoms with Crippen molar-refractivity contribution in [2.45, 2.75) is 26.3 Å². The first-order valence-corrected chi connectivity index (χ1v) is 8.00. The highest BCUT2D eigenvalue weighted by Gasteiger charge is 2.11. The lowest BCUT2D eigenvalue weighted by molar-refractivity contribution is 0.701. The van der Waals surface area contributed by atoms with Crippen molar-refractivity contribution in [3.05, 3.63) is 77.2 Å². The summed E-state index contributed by atoms with van der Waals surface area (Å²) in [5, 5.41) is 0.991. The molecule has 3 heteroatoms. The van der Waals surface area contributed by atoms with E-state index in [0.717, 1.165) is 35.0 Å². The van der Waals surface area contributed by atoms with E-state index in [2.05, 4.69) is 24.1 Å². The van der Waals surface area contributed by atoms with Gasteiger partial charge in [-0.1, -0.05) is 49.4 Å². The van der Waals surface area contributed by atoms with Crippen molar-refractivity contribution in [3.8, 4) is 11.1 Å². The van der Waals surface area contributed by atoms with Crippen LogP contribution in [0.5, 0.6) is 0 Å². The zero-order chi connectivity index (χ0) is 16.1. The topological polar surface area (TPSA) is 34.9 Å². The predicted molar refractivity (Wildman–Crippen MR) is 95.5 cm³/mol. The predicted octanol–water partition coefficient (Wildman–Crippen LogP) is 4.42. The highest BCUT2D eigenvalue weighted by atomic mass is 16.1. The molecule has 0 spiro atoms. The molecule has 3 nitrogen and oxygen atoms in total. The van der Waals surface area contributed by atoms with Gasteiger partial charge in [-0.25, -0.2) is 4.98 Å². The van der Waals surface area contributed by atoms with Crippen LogP contribution in [0.3, 0.4) is 0 Å². The molecule has 0 N–H and O–H groups in total. The molecular formula is C20H20N2O. The van der Waals surface area contributed by atoms with E-state index in [-0.39, 0.29) is 5.56 Å². The van der Waals surface area contributed by atoms with Gasteiger partial charge in [0.25, 0.3) is 5.56 Å². The van der Waals surface area contributed by atoms with Gasteiger partial charge in [-0.15, -0.1) is 0 Å². The number of allylic oxidation sites excluding steroid dienone is 2. The molecule has 0 fully saturated rings. The van der Waals surface area contributed by atoms with Crippen molar-refractivity contribution in [3.63, 3.8) is 0 Å². The molecule has 3 aromatic rings. The standard InChI is InChI=1S/C20H20N2O/c1-2-3-4-8-14-22-19-17(12-9-13-21-19)15-18(20(22)23)16-10-6-5-7-11-16/h3-7,9-13,15H,2,8,14H2,1H3. The molecule has 0 aliphatic rings. The lowest BCUT2D eigenvalue weighted by Crippen LogP contribution is -2.22. The molecule has 2 aromatic heterocycles. The molecule has 0 aliphatic carbocycles. The van der Waals surface area contributed by atoms with E-state index in [1.54, 1.807) is 10.8 Å². The fourth-order valence-corrected chi connectivity index (χ4v) is 2.73. The molecule has 0 aliphatic heterocycles. The van der Waals surface area contributed by atoms with Gasteiger partial charge in [0.15, 0.2) is 0 Å². The van der Waals surface area contributed by atoms with Crippen LogP contribution in [0.1, 0.15) is 19.8 Å². The number of hydrogen-bond acceptors (Lipinski definition) is 2. The first-order chi connectivity index (χ1) is 11.3. The van der Waals surface area contributed by atoms with Gasteiger partial charge in [0, 0.05) is 23.7 Å². The molecular weight excluding hydrogens is 284 g/mol. The largest absolute Gasteiger partial charge is 0.292 e. The third-order valence-corrected chi connectivity index (χ3v) is 3.85. The highest BCUT2D eigenvalue weighted by molar-refractivity contribution is 5.81. The Kier molecular flexibility index (Phi) is 4.67. The van der Waals surface area contributed by atoms with Crippen LogP contribution in [0.4, 0.5) is 0 Å². The molecule has 2 heterocycles. The second kappa shape index (κ2) is 7.05. The Hall–Kier alpha value is -2.68. The molecule has 0 atom stereocenters. The van der Waals surface area contributed by atoms with Gasteiger partial charge < -0.3 is 0 Å². The summed E-state index contributed by atoms with van der Waals surface area (Å²) in [6, 6.07) is 15.7. The van der Waals surface area contributed by atoms with E-state index in [9.17, 15) is 4.79 Å². The average molecular weight is 304 g/mol. The Morgan fingerprint density at radius 2 is 1.91 bits per heavy atom. The zero-order valence-corrected chi connectivity index (χ0v) is 13.3. The van der Waals surface area contributed by atoms with Gasteiger partial charge in [-0.3, -0.25) is 9.36 Å². The fraction of sp³-hybridized carbons (Fsp3) is 0.200. The summed E-state index contributed by atoms with van der Waals surface area (Å²) in [4.78, 5) is 17.4. The number of aromatic nitrogens is 2. The SMILES string of the molecule is CCC=CCCn1c(=O)c(-c2ccccc2)cc2cccnc21. The van der Waals surface area contributed by atoms with Crippen molar-refractivity contribution in [2.75, 3.05) is 0 Å². The lowest BCUT2D eigenvalue weighted by Gasteiger charge is -2.11. The van der Waals surface area contributed by atoms with Crippen LogP contribution in [0, 0.1) is 0 Å². The first kappa shape index (κ1) is 15.2. The zero-order valence-electron chi connectivity index (χ0n) is 13.3. The minimum atomic E-state index is 0.0206. The van der Waals surface area contributed by atoms with Crippen LogP contribution in [0.2, 0.25) is 0 Å². The lowest BCUT2D eigenvalue weighted by atomic mass is 10.1. The second-order valence-electron chi connectivity index (χ2n) is 5.47. The van der Waals surface area contributed by atoms with Gasteiger partial charge in [0.1, 0.15) is 5.65 Å². The normalized spacial score (nSPS) is 11.3. The molecule has 0 saturated heterocycles. The first-order valence-electron chi connectivity index (χ1n) is 8.00. The minimum Gasteiger partial charge on any atom is -0.292 e. The van der Waals surface area contributed by atoms with Gasteiger partial charge in [-0.05, 0) is 36.6 Å². The number of hydrogen-bond donors (Lipinski definition) is 0. The molecule has 0 amide bonds. The van der Waals surface area contributed by atoms with Crippen LogP contribution in [-0.2, 0) is 6.54 Å². The van der Waals surface area contributed by atoms with E-state index in [1.165, 1.54) is 0 Å². The van der Waals surface area contributed by atoms with Gasteiger partial charge in [0.2, 0.25) is 0 Å². The molecule has 0 radical (unpaired) electrons. The number of fused-ring (bicyclic) bond motifs is 1. The third-order valence-electron chi connectivity index (χ3n) is 3.85. The molecule has 1 aromatic carbocycles. The van der Waals surface area contributed by atoms with Crippen LogP contribution < -0.4 is 5.56 Å². The Morgan fingerprint density at radius 1 is 1.09 bits per heavy atom. The molecule has 116 valence electrons. The van der Waals surface area contributed by atoms with Gasteiger partial charge in [0.05, 0.1) is 0 Å². The molecule has 23 heavy (non-hydrogen) atoms. The average Bonchev–Trinajstić information content (AvgIpc) is 2.60. The molecule has 0 unspecified atom stereocenters. The van der Waals surface area contributed by atoms with Crippen molar-refractivity contribution < 1.29 is 0 Å². The quantitative estimate of drug-likeness (QED) is 0.654. The summed E-state index contributed by atoms with van der Waals surface area (Å²) >= 11 is 0. The summed E-state index contributed by atoms with van der Waals surface area (Å²) in [7, 11) is 0. The van der Waals surface area contributed by atoms with E-state index < -0.39 is 0 Å². The van der Waals surface area contributed by atoms with E-state index in [0.29, 0.717) is 6.54 Å². The van der Waals surface area contributed by atoms with Crippen LogP contribution in [-0.4, -0.2) is 9.55 Å². The molecule has 0 bridgehead atoms.